The van der Waals surface area contributed by atoms with E-state index in [1.165, 1.54) is 22.2 Å². The molecule has 1 aliphatic carbocycles. The molecule has 2 aromatic rings. The highest BCUT2D eigenvalue weighted by Gasteiger charge is 2.28. The third-order valence-corrected chi connectivity index (χ3v) is 7.35. The molecule has 0 saturated carbocycles. The Bertz CT molecular complexity index is 919. The van der Waals surface area contributed by atoms with Gasteiger partial charge in [0.2, 0.25) is 0 Å². The van der Waals surface area contributed by atoms with Crippen molar-refractivity contribution >= 4 is 33.5 Å². The molecule has 0 radical (unpaired) electrons. The molecule has 2 fully saturated rings. The molecule has 2 aliphatic heterocycles. The van der Waals surface area contributed by atoms with Gasteiger partial charge in [0.15, 0.2) is 0 Å². The zero-order valence-electron chi connectivity index (χ0n) is 17.6. The summed E-state index contributed by atoms with van der Waals surface area (Å²) in [6.07, 6.45) is 3.29. The highest BCUT2D eigenvalue weighted by atomic mass is 32.1. The van der Waals surface area contributed by atoms with Gasteiger partial charge in [0.1, 0.15) is 16.5 Å². The van der Waals surface area contributed by atoms with Gasteiger partial charge in [-0.2, -0.15) is 0 Å². The molecule has 0 aromatic carbocycles. The predicted molar refractivity (Wildman–Crippen MR) is 116 cm³/mol. The number of rotatable bonds is 4. The zero-order valence-corrected chi connectivity index (χ0v) is 18.4. The molecule has 0 bridgehead atoms. The van der Waals surface area contributed by atoms with E-state index in [0.29, 0.717) is 19.7 Å². The quantitative estimate of drug-likeness (QED) is 0.736. The van der Waals surface area contributed by atoms with Crippen molar-refractivity contribution in [2.45, 2.75) is 32.7 Å². The van der Waals surface area contributed by atoms with Gasteiger partial charge in [0, 0.05) is 44.1 Å². The number of hydrogen-bond donors (Lipinski definition) is 0. The summed E-state index contributed by atoms with van der Waals surface area (Å²) in [6.45, 7) is 9.29. The number of aromatic nitrogens is 2. The van der Waals surface area contributed by atoms with E-state index in [2.05, 4.69) is 9.80 Å². The normalized spacial score (nSPS) is 20.0. The topological polar surface area (TPSA) is 71.0 Å². The van der Waals surface area contributed by atoms with E-state index in [1.807, 2.05) is 18.3 Å². The van der Waals surface area contributed by atoms with E-state index < -0.39 is 0 Å². The molecule has 0 unspecified atom stereocenters. The third-order valence-electron chi connectivity index (χ3n) is 6.17. The fourth-order valence-corrected chi connectivity index (χ4v) is 5.87. The number of piperazine rings is 1. The Morgan fingerprint density at radius 1 is 1.10 bits per heavy atom. The Kier molecular flexibility index (Phi) is 5.75. The first kappa shape index (κ1) is 20.0. The van der Waals surface area contributed by atoms with Crippen molar-refractivity contribution in [1.82, 2.24) is 19.8 Å². The lowest BCUT2D eigenvalue weighted by molar-refractivity contribution is 0.0331. The number of amides is 1. The smallest absolute Gasteiger partial charge is 0.409 e. The number of carbonyl (C=O) groups excluding carboxylic acids is 1. The van der Waals surface area contributed by atoms with Gasteiger partial charge in [-0.25, -0.2) is 14.8 Å². The molecule has 1 amide bonds. The number of carbonyl (C=O) groups is 1. The van der Waals surface area contributed by atoms with Gasteiger partial charge in [0.25, 0.3) is 0 Å². The Balaban J connectivity index is 1.43. The summed E-state index contributed by atoms with van der Waals surface area (Å²) in [6, 6.07) is 0. The molecule has 0 N–H and O–H groups in total. The molecule has 3 aliphatic rings. The van der Waals surface area contributed by atoms with Crippen LogP contribution in [0.3, 0.4) is 0 Å². The number of fused-ring (bicyclic) bond motifs is 3. The van der Waals surface area contributed by atoms with E-state index in [-0.39, 0.29) is 6.09 Å². The second-order valence-electron chi connectivity index (χ2n) is 8.06. The molecule has 0 atom stereocenters. The molecular formula is C21H29N5O3S. The van der Waals surface area contributed by atoms with Gasteiger partial charge in [-0.15, -0.1) is 11.3 Å². The van der Waals surface area contributed by atoms with Gasteiger partial charge < -0.3 is 19.3 Å². The van der Waals surface area contributed by atoms with Crippen molar-refractivity contribution in [1.29, 1.82) is 0 Å². The average molecular weight is 432 g/mol. The van der Waals surface area contributed by atoms with Crippen molar-refractivity contribution in [2.24, 2.45) is 0 Å². The Hall–Kier alpha value is -1.97. The predicted octanol–water partition coefficient (Wildman–Crippen LogP) is 2.29. The number of nitrogens with zero attached hydrogens (tertiary/aromatic N) is 5. The molecule has 2 saturated heterocycles. The van der Waals surface area contributed by atoms with Crippen LogP contribution in [0.4, 0.5) is 10.6 Å². The average Bonchev–Trinajstić information content (AvgIpc) is 3.35. The molecule has 0 spiro atoms. The summed E-state index contributed by atoms with van der Waals surface area (Å²) >= 11 is 1.85. The van der Waals surface area contributed by atoms with E-state index >= 15 is 0 Å². The van der Waals surface area contributed by atoms with Crippen LogP contribution in [0.1, 0.15) is 29.6 Å². The third kappa shape index (κ3) is 3.86. The van der Waals surface area contributed by atoms with Gasteiger partial charge in [-0.05, 0) is 31.7 Å². The lowest BCUT2D eigenvalue weighted by Gasteiger charge is -2.35. The minimum absolute atomic E-state index is 0.214. The minimum atomic E-state index is -0.214. The first-order valence-electron chi connectivity index (χ1n) is 11.0. The van der Waals surface area contributed by atoms with Gasteiger partial charge in [0.05, 0.1) is 31.8 Å². The molecule has 162 valence electrons. The molecule has 8 nitrogen and oxygen atoms in total. The van der Waals surface area contributed by atoms with Crippen LogP contribution in [0.15, 0.2) is 0 Å². The lowest BCUT2D eigenvalue weighted by Crippen LogP contribution is -2.49. The first-order chi connectivity index (χ1) is 14.7. The highest BCUT2D eigenvalue weighted by molar-refractivity contribution is 7.19. The zero-order chi connectivity index (χ0) is 20.5. The summed E-state index contributed by atoms with van der Waals surface area (Å²) in [4.78, 5) is 31.2. The van der Waals surface area contributed by atoms with Crippen LogP contribution in [0.2, 0.25) is 0 Å². The van der Waals surface area contributed by atoms with Crippen molar-refractivity contribution in [3.8, 4) is 0 Å². The summed E-state index contributed by atoms with van der Waals surface area (Å²) in [5.74, 6) is 1.96. The Morgan fingerprint density at radius 3 is 2.67 bits per heavy atom. The maximum absolute atomic E-state index is 12.1. The molecule has 30 heavy (non-hydrogen) atoms. The fraction of sp³-hybridized carbons (Fsp3) is 0.667. The number of aryl methyl sites for hydroxylation is 2. The first-order valence-corrected chi connectivity index (χ1v) is 11.8. The summed E-state index contributed by atoms with van der Waals surface area (Å²) in [5, 5.41) is 1.25. The van der Waals surface area contributed by atoms with Crippen molar-refractivity contribution in [3.05, 3.63) is 16.3 Å². The summed E-state index contributed by atoms with van der Waals surface area (Å²) in [7, 11) is 0. The Morgan fingerprint density at radius 2 is 1.90 bits per heavy atom. The number of anilines is 1. The van der Waals surface area contributed by atoms with E-state index in [1.54, 1.807) is 4.90 Å². The van der Waals surface area contributed by atoms with Crippen LogP contribution in [0.5, 0.6) is 0 Å². The minimum Gasteiger partial charge on any atom is -0.450 e. The maximum Gasteiger partial charge on any atom is 0.409 e. The molecule has 5 rings (SSSR count). The van der Waals surface area contributed by atoms with Crippen molar-refractivity contribution < 1.29 is 14.3 Å². The molecule has 2 aromatic heterocycles. The monoisotopic (exact) mass is 431 g/mol. The van der Waals surface area contributed by atoms with Crippen LogP contribution in [0.25, 0.3) is 10.2 Å². The van der Waals surface area contributed by atoms with Gasteiger partial charge in [-0.1, -0.05) is 0 Å². The van der Waals surface area contributed by atoms with Crippen LogP contribution in [0, 0.1) is 0 Å². The van der Waals surface area contributed by atoms with Gasteiger partial charge >= 0.3 is 6.09 Å². The standard InChI is InChI=1S/C21H29N5O3S/c1-2-29-21(27)26-8-6-25(7-9-26)19-18-15-4-3-5-16(15)30-20(18)23-17(22-19)14-24-10-12-28-13-11-24/h2-14H2,1H3. The number of thiophene rings is 1. The molecule has 4 heterocycles. The second-order valence-corrected chi connectivity index (χ2v) is 9.15. The fourth-order valence-electron chi connectivity index (χ4n) is 4.59. The number of ether oxygens (including phenoxy) is 2. The lowest BCUT2D eigenvalue weighted by atomic mass is 10.1. The Labute approximate surface area is 180 Å². The second kappa shape index (κ2) is 8.64. The van der Waals surface area contributed by atoms with Crippen LogP contribution < -0.4 is 4.90 Å². The van der Waals surface area contributed by atoms with E-state index in [9.17, 15) is 4.79 Å². The van der Waals surface area contributed by atoms with E-state index in [0.717, 1.165) is 75.3 Å². The highest BCUT2D eigenvalue weighted by Crippen LogP contribution is 2.40. The maximum atomic E-state index is 12.1. The summed E-state index contributed by atoms with van der Waals surface area (Å²) < 4.78 is 10.7. The largest absolute Gasteiger partial charge is 0.450 e. The van der Waals surface area contributed by atoms with Crippen LogP contribution >= 0.6 is 11.3 Å². The summed E-state index contributed by atoms with van der Waals surface area (Å²) in [5.41, 5.74) is 1.45. The van der Waals surface area contributed by atoms with Crippen LogP contribution in [-0.2, 0) is 28.9 Å². The molecule has 9 heteroatoms. The molecular weight excluding hydrogens is 402 g/mol. The van der Waals surface area contributed by atoms with Crippen molar-refractivity contribution in [3.63, 3.8) is 0 Å². The van der Waals surface area contributed by atoms with E-state index in [4.69, 9.17) is 19.4 Å². The number of hydrogen-bond acceptors (Lipinski definition) is 8. The SMILES string of the molecule is CCOC(=O)N1CCN(c2nc(CN3CCOCC3)nc3sc4c(c23)CCC4)CC1. The number of morpholine rings is 1. The van der Waals surface area contributed by atoms with Crippen LogP contribution in [-0.4, -0.2) is 85.0 Å². The van der Waals surface area contributed by atoms with Crippen molar-refractivity contribution in [2.75, 3.05) is 64.0 Å². The van der Waals surface area contributed by atoms with Gasteiger partial charge in [-0.3, -0.25) is 4.90 Å².